The maximum absolute atomic E-state index is 13.2. The van der Waals surface area contributed by atoms with Crippen molar-refractivity contribution in [3.63, 3.8) is 0 Å². The van der Waals surface area contributed by atoms with Gasteiger partial charge in [-0.15, -0.1) is 0 Å². The molecule has 3 N–H and O–H groups in total. The third kappa shape index (κ3) is 15.8. The van der Waals surface area contributed by atoms with Crippen molar-refractivity contribution in [3.05, 3.63) is 113 Å². The van der Waals surface area contributed by atoms with Gasteiger partial charge in [-0.3, -0.25) is 14.6 Å². The number of aryl methyl sites for hydroxylation is 1. The maximum atomic E-state index is 13.2. The Kier molecular flexibility index (Phi) is 18.7. The van der Waals surface area contributed by atoms with Crippen LogP contribution in [-0.2, 0) is 49.4 Å². The number of carbonyl (C=O) groups excluding carboxylic acids is 1. The zero-order chi connectivity index (χ0) is 40.9. The minimum absolute atomic E-state index is 0.0202. The van der Waals surface area contributed by atoms with E-state index in [9.17, 15) is 22.8 Å². The van der Waals surface area contributed by atoms with Crippen molar-refractivity contribution in [3.8, 4) is 11.3 Å². The summed E-state index contributed by atoms with van der Waals surface area (Å²) in [5, 5.41) is 14.9. The molecule has 0 aliphatic rings. The van der Waals surface area contributed by atoms with Crippen LogP contribution < -0.4 is 15.5 Å². The average molecular weight is 795 g/mol. The van der Waals surface area contributed by atoms with Crippen LogP contribution in [0, 0.1) is 0 Å². The van der Waals surface area contributed by atoms with E-state index in [1.807, 2.05) is 12.1 Å². The molecule has 0 radical (unpaired) electrons. The molecular formula is C43H53F3N4O7. The molecule has 0 bridgehead atoms. The van der Waals surface area contributed by atoms with Gasteiger partial charge in [0.15, 0.2) is 0 Å². The molecule has 11 nitrogen and oxygen atoms in total. The zero-order valence-corrected chi connectivity index (χ0v) is 32.6. The number of carbonyl (C=O) groups is 2. The molecule has 0 spiro atoms. The molecule has 4 aromatic rings. The molecular weight excluding hydrogens is 741 g/mol. The third-order valence-corrected chi connectivity index (χ3v) is 8.94. The number of anilines is 2. The van der Waals surface area contributed by atoms with Crippen LogP contribution >= 0.6 is 0 Å². The number of halogens is 3. The van der Waals surface area contributed by atoms with Crippen molar-refractivity contribution in [2.45, 2.75) is 52.4 Å². The minimum atomic E-state index is -4.47. The topological polar surface area (TPSA) is 131 Å². The van der Waals surface area contributed by atoms with Crippen molar-refractivity contribution in [2.75, 3.05) is 76.2 Å². The molecule has 0 aliphatic heterocycles. The van der Waals surface area contributed by atoms with Gasteiger partial charge in [-0.1, -0.05) is 36.4 Å². The molecule has 57 heavy (non-hydrogen) atoms. The minimum Gasteiger partial charge on any atom is -0.481 e. The summed E-state index contributed by atoms with van der Waals surface area (Å²) in [6.07, 6.45) is -1.21. The normalized spacial score (nSPS) is 11.4. The fourth-order valence-electron chi connectivity index (χ4n) is 5.94. The lowest BCUT2D eigenvalue weighted by atomic mass is 10.0. The summed E-state index contributed by atoms with van der Waals surface area (Å²) in [6.45, 7) is 9.63. The van der Waals surface area contributed by atoms with E-state index in [1.165, 1.54) is 11.6 Å². The Morgan fingerprint density at radius 1 is 0.737 bits per heavy atom. The Morgan fingerprint density at radius 2 is 1.37 bits per heavy atom. The van der Waals surface area contributed by atoms with E-state index >= 15 is 0 Å². The Hall–Kier alpha value is -5.02. The molecule has 0 unspecified atom stereocenters. The summed E-state index contributed by atoms with van der Waals surface area (Å²) in [6, 6.07) is 22.7. The van der Waals surface area contributed by atoms with Gasteiger partial charge in [-0.05, 0) is 85.8 Å². The Bertz CT molecular complexity index is 1840. The Morgan fingerprint density at radius 3 is 2.04 bits per heavy atom. The smallest absolute Gasteiger partial charge is 0.416 e. The number of carboxylic acid groups (broad SMARTS) is 1. The summed E-state index contributed by atoms with van der Waals surface area (Å²) in [5.41, 5.74) is 5.48. The van der Waals surface area contributed by atoms with Crippen LogP contribution in [0.1, 0.15) is 59.3 Å². The summed E-state index contributed by atoms with van der Waals surface area (Å²) in [5.74, 6) is -1.31. The lowest BCUT2D eigenvalue weighted by molar-refractivity contribution is -0.139. The fraction of sp³-hybridized carbons (Fsp3) is 0.419. The van der Waals surface area contributed by atoms with Crippen molar-refractivity contribution in [1.82, 2.24) is 10.3 Å². The van der Waals surface area contributed by atoms with E-state index in [4.69, 9.17) is 24.1 Å². The summed E-state index contributed by atoms with van der Waals surface area (Å²) in [4.78, 5) is 30.5. The highest BCUT2D eigenvalue weighted by atomic mass is 19.4. The number of rotatable bonds is 26. The molecule has 1 aromatic heterocycles. The van der Waals surface area contributed by atoms with Crippen molar-refractivity contribution in [2.24, 2.45) is 0 Å². The van der Waals surface area contributed by atoms with Crippen LogP contribution in [0.2, 0.25) is 0 Å². The number of aliphatic carboxylic acids is 1. The van der Waals surface area contributed by atoms with E-state index in [1.54, 1.807) is 24.4 Å². The predicted octanol–water partition coefficient (Wildman–Crippen LogP) is 7.63. The molecule has 0 saturated carbocycles. The van der Waals surface area contributed by atoms with Crippen LogP contribution in [0.4, 0.5) is 24.5 Å². The van der Waals surface area contributed by atoms with Crippen LogP contribution in [0.15, 0.2) is 85.1 Å². The van der Waals surface area contributed by atoms with Gasteiger partial charge in [0, 0.05) is 61.5 Å². The van der Waals surface area contributed by atoms with E-state index in [0.29, 0.717) is 69.6 Å². The van der Waals surface area contributed by atoms with Crippen LogP contribution in [-0.4, -0.2) is 87.9 Å². The molecule has 0 atom stereocenters. The second-order valence-corrected chi connectivity index (χ2v) is 13.1. The van der Waals surface area contributed by atoms with Crippen LogP contribution in [0.5, 0.6) is 0 Å². The summed E-state index contributed by atoms with van der Waals surface area (Å²) >= 11 is 0. The van der Waals surface area contributed by atoms with Crippen molar-refractivity contribution < 1.29 is 46.8 Å². The lowest BCUT2D eigenvalue weighted by Gasteiger charge is -2.23. The molecule has 3 aromatic carbocycles. The summed E-state index contributed by atoms with van der Waals surface area (Å²) in [7, 11) is 0. The van der Waals surface area contributed by atoms with Gasteiger partial charge in [0.1, 0.15) is 0 Å². The number of pyridine rings is 1. The van der Waals surface area contributed by atoms with Gasteiger partial charge in [0.05, 0.1) is 63.9 Å². The highest BCUT2D eigenvalue weighted by molar-refractivity contribution is 5.95. The number of benzene rings is 3. The fourth-order valence-corrected chi connectivity index (χ4v) is 5.94. The predicted molar refractivity (Wildman–Crippen MR) is 213 cm³/mol. The molecule has 0 aliphatic carbocycles. The van der Waals surface area contributed by atoms with E-state index < -0.39 is 23.6 Å². The maximum Gasteiger partial charge on any atom is 0.416 e. The van der Waals surface area contributed by atoms with E-state index in [2.05, 4.69) is 64.7 Å². The molecule has 1 heterocycles. The monoisotopic (exact) mass is 794 g/mol. The van der Waals surface area contributed by atoms with E-state index in [-0.39, 0.29) is 19.6 Å². The lowest BCUT2D eigenvalue weighted by Crippen LogP contribution is -2.23. The zero-order valence-electron chi connectivity index (χ0n) is 32.6. The number of amides is 1. The first-order valence-corrected chi connectivity index (χ1v) is 19.2. The van der Waals surface area contributed by atoms with Crippen molar-refractivity contribution >= 4 is 23.3 Å². The SMILES string of the molecule is CCN(CC)c1ccc(NCc2cccc(CCCOCCOCCOCCOCCC(=O)O)c2)c(-c2cc(C(=O)NCc3cccc(C(F)(F)F)c3)ccn2)c1. The second kappa shape index (κ2) is 23.9. The highest BCUT2D eigenvalue weighted by Gasteiger charge is 2.30. The highest BCUT2D eigenvalue weighted by Crippen LogP contribution is 2.33. The second-order valence-electron chi connectivity index (χ2n) is 13.1. The Labute approximate surface area is 332 Å². The Balaban J connectivity index is 1.28. The quantitative estimate of drug-likeness (QED) is 0.0546. The van der Waals surface area contributed by atoms with Gasteiger partial charge >= 0.3 is 12.1 Å². The number of hydrogen-bond acceptors (Lipinski definition) is 9. The number of alkyl halides is 3. The van der Waals surface area contributed by atoms with E-state index in [0.717, 1.165) is 60.6 Å². The molecule has 0 saturated heterocycles. The first-order chi connectivity index (χ1) is 27.6. The number of carboxylic acids is 1. The van der Waals surface area contributed by atoms with Gasteiger partial charge in [0.25, 0.3) is 5.91 Å². The van der Waals surface area contributed by atoms with Crippen LogP contribution in [0.25, 0.3) is 11.3 Å². The first kappa shape index (κ1) is 44.7. The molecule has 14 heteroatoms. The van der Waals surface area contributed by atoms with Crippen LogP contribution in [0.3, 0.4) is 0 Å². The third-order valence-electron chi connectivity index (χ3n) is 8.94. The number of ether oxygens (including phenoxy) is 4. The standard InChI is InChI=1S/C43H53F3N4O7/c1-3-50(4-2)37-13-14-39(38(29-37)40-28-35(15-17-47-40)42(53)49-31-34-10-6-12-36(27-34)43(44,45)46)48-30-33-9-5-8-32(26-33)11-7-18-54-20-22-56-24-25-57-23-21-55-19-16-41(51)52/h5-6,8-10,12-15,17,26-29,48H,3-4,7,11,16,18-25,30-31H2,1-2H3,(H,49,53)(H,51,52). The summed E-state index contributed by atoms with van der Waals surface area (Å²) < 4.78 is 61.4. The number of nitrogens with one attached hydrogen (secondary N) is 2. The number of nitrogens with zero attached hydrogens (tertiary/aromatic N) is 2. The number of hydrogen-bond donors (Lipinski definition) is 3. The number of aromatic nitrogens is 1. The average Bonchev–Trinajstić information content (AvgIpc) is 3.21. The van der Waals surface area contributed by atoms with Crippen molar-refractivity contribution in [1.29, 1.82) is 0 Å². The largest absolute Gasteiger partial charge is 0.481 e. The van der Waals surface area contributed by atoms with Gasteiger partial charge in [-0.2, -0.15) is 13.2 Å². The molecule has 0 fully saturated rings. The van der Waals surface area contributed by atoms with Gasteiger partial charge in [0.2, 0.25) is 0 Å². The molecule has 1 amide bonds. The first-order valence-electron chi connectivity index (χ1n) is 19.2. The van der Waals surface area contributed by atoms with Gasteiger partial charge in [-0.25, -0.2) is 0 Å². The molecule has 308 valence electrons. The molecule has 4 rings (SSSR count). The van der Waals surface area contributed by atoms with Gasteiger partial charge < -0.3 is 39.6 Å².